The normalized spacial score (nSPS) is 13.4. The lowest BCUT2D eigenvalue weighted by Gasteiger charge is -2.36. The molecule has 1 aliphatic heterocycles. The highest BCUT2D eigenvalue weighted by atomic mass is 15.1. The molecule has 0 radical (unpaired) electrons. The number of benzene rings is 4. The summed E-state index contributed by atoms with van der Waals surface area (Å²) >= 11 is 0. The van der Waals surface area contributed by atoms with Crippen molar-refractivity contribution in [3.63, 3.8) is 0 Å². The van der Waals surface area contributed by atoms with Gasteiger partial charge in [-0.2, -0.15) is 0 Å². The van der Waals surface area contributed by atoms with Gasteiger partial charge in [-0.25, -0.2) is 0 Å². The largest absolute Gasteiger partial charge is 0.309 e. The van der Waals surface area contributed by atoms with E-state index in [4.69, 9.17) is 0 Å². The molecule has 0 unspecified atom stereocenters. The zero-order valence-corrected chi connectivity index (χ0v) is 19.8. The maximum Gasteiger partial charge on any atom is 0.0973 e. The molecule has 1 aromatic heterocycles. The molecule has 166 valence electrons. The second-order valence-electron chi connectivity index (χ2n) is 9.74. The topological polar surface area (TPSA) is 8.17 Å². The number of nitrogens with zero attached hydrogens (tertiary/aromatic N) is 2. The van der Waals surface area contributed by atoms with E-state index in [1.165, 1.54) is 38.6 Å². The van der Waals surface area contributed by atoms with Gasteiger partial charge in [0.25, 0.3) is 0 Å². The Morgan fingerprint density at radius 3 is 2.29 bits per heavy atom. The third-order valence-corrected chi connectivity index (χ3v) is 7.39. The number of hydrogen-bond donors (Lipinski definition) is 0. The molecule has 5 aromatic carbocycles. The summed E-state index contributed by atoms with van der Waals surface area (Å²) in [5, 5.41) is 2.55. The van der Waals surface area contributed by atoms with Crippen LogP contribution in [0.5, 0.6) is 0 Å². The molecule has 2 nitrogen and oxygen atoms in total. The first-order valence-electron chi connectivity index (χ1n) is 12.1. The number of fused-ring (bicyclic) bond motifs is 5. The van der Waals surface area contributed by atoms with Gasteiger partial charge in [0.05, 0.1) is 22.4 Å². The van der Waals surface area contributed by atoms with Gasteiger partial charge in [-0.1, -0.05) is 80.6 Å². The number of anilines is 3. The van der Waals surface area contributed by atoms with Crippen molar-refractivity contribution in [3.8, 4) is 5.69 Å². The summed E-state index contributed by atoms with van der Waals surface area (Å²) in [6.45, 7) is 4.70. The average Bonchev–Trinajstić information content (AvgIpc) is 3.24. The second kappa shape index (κ2) is 7.26. The van der Waals surface area contributed by atoms with Gasteiger partial charge in [0.15, 0.2) is 0 Å². The van der Waals surface area contributed by atoms with Gasteiger partial charge in [-0.15, -0.1) is 0 Å². The Morgan fingerprint density at radius 1 is 0.686 bits per heavy atom. The minimum absolute atomic E-state index is 0.149. The Hall–Kier alpha value is -4.48. The van der Waals surface area contributed by atoms with E-state index in [9.17, 15) is 0 Å². The third-order valence-electron chi connectivity index (χ3n) is 7.39. The first-order valence-corrected chi connectivity index (χ1v) is 12.1. The Morgan fingerprint density at radius 2 is 1.46 bits per heavy atom. The Kier molecular flexibility index (Phi) is 4.13. The zero-order valence-electron chi connectivity index (χ0n) is 19.8. The van der Waals surface area contributed by atoms with Crippen LogP contribution >= 0.6 is 0 Å². The van der Waals surface area contributed by atoms with Crippen molar-refractivity contribution in [2.24, 2.45) is 0 Å². The summed E-state index contributed by atoms with van der Waals surface area (Å²) in [6.07, 6.45) is 0. The minimum Gasteiger partial charge on any atom is -0.309 e. The van der Waals surface area contributed by atoms with Gasteiger partial charge in [-0.05, 0) is 65.7 Å². The molecule has 0 fully saturated rings. The maximum atomic E-state index is 3.34. The summed E-state index contributed by atoms with van der Waals surface area (Å²) in [5.41, 5.74) is 9.56. The zero-order chi connectivity index (χ0) is 23.6. The van der Waals surface area contributed by atoms with Crippen LogP contribution in [0.4, 0.5) is 17.1 Å². The minimum atomic E-state index is -0.149. The molecule has 35 heavy (non-hydrogen) atoms. The maximum absolute atomic E-state index is 3.34. The third kappa shape index (κ3) is 2.79. The van der Waals surface area contributed by atoms with E-state index in [0.29, 0.717) is 0 Å². The van der Waals surface area contributed by atoms with Crippen molar-refractivity contribution in [2.75, 3.05) is 4.90 Å². The summed E-state index contributed by atoms with van der Waals surface area (Å²) in [5.74, 6) is 0. The highest BCUT2D eigenvalue weighted by Crippen LogP contribution is 2.49. The van der Waals surface area contributed by atoms with Crippen molar-refractivity contribution in [3.05, 3.63) is 132 Å². The lowest BCUT2D eigenvalue weighted by molar-refractivity contribution is 0.630. The fourth-order valence-corrected chi connectivity index (χ4v) is 5.76. The lowest BCUT2D eigenvalue weighted by Crippen LogP contribution is -2.26. The number of rotatable bonds is 3. The van der Waals surface area contributed by atoms with Gasteiger partial charge in [0.2, 0.25) is 0 Å². The molecule has 7 rings (SSSR count). The number of para-hydroxylation sites is 3. The molecule has 2 heteroatoms. The van der Waals surface area contributed by atoms with Gasteiger partial charge in [-0.3, -0.25) is 0 Å². The van der Waals surface area contributed by atoms with Crippen LogP contribution in [0.15, 0.2) is 109 Å². The van der Waals surface area contributed by atoms with E-state index in [-0.39, 0.29) is 5.41 Å². The monoisotopic (exact) mass is 448 g/mol. The molecule has 0 amide bonds. The molecule has 0 bridgehead atoms. The van der Waals surface area contributed by atoms with E-state index in [2.05, 4.69) is 133 Å². The van der Waals surface area contributed by atoms with E-state index in [1.807, 2.05) is 12.1 Å². The quantitative estimate of drug-likeness (QED) is 0.263. The van der Waals surface area contributed by atoms with Crippen molar-refractivity contribution >= 4 is 38.9 Å². The molecule has 0 spiro atoms. The van der Waals surface area contributed by atoms with Crippen LogP contribution in [0.2, 0.25) is 0 Å². The molecule has 0 N–H and O–H groups in total. The molecule has 0 saturated carbocycles. The molecule has 0 atom stereocenters. The Balaban J connectivity index is 1.62. The van der Waals surface area contributed by atoms with Crippen molar-refractivity contribution in [1.82, 2.24) is 4.57 Å². The van der Waals surface area contributed by atoms with E-state index in [1.54, 1.807) is 0 Å². The summed E-state index contributed by atoms with van der Waals surface area (Å²) in [7, 11) is 0. The van der Waals surface area contributed by atoms with Crippen LogP contribution in [0, 0.1) is 12.1 Å². The first kappa shape index (κ1) is 19.9. The number of aromatic nitrogens is 1. The van der Waals surface area contributed by atoms with E-state index < -0.39 is 0 Å². The molecule has 0 saturated heterocycles. The molecule has 1 aliphatic rings. The standard InChI is InChI=1S/C33H24N2/c1-33(2)28-18-10-12-20-31(28)35-30-19-11-9-17-26(30)27-21-25(22-29(33)32(27)35)34(23-13-5-3-6-14-23)24-15-7-4-8-16-24/h3-7,9-15,17-22H,1-2H3. The molecular formula is C33H24N2. The molecule has 0 aliphatic carbocycles. The SMILES string of the molecule is CC1(C)c2ccccc2-n2c3ccccc3c3cc(N(c4c#cccc4)c4ccccc4)cc1c32. The predicted octanol–water partition coefficient (Wildman–Crippen LogP) is 8.49. The van der Waals surface area contributed by atoms with Crippen LogP contribution in [0.25, 0.3) is 27.5 Å². The van der Waals surface area contributed by atoms with Crippen molar-refractivity contribution in [1.29, 1.82) is 0 Å². The molecule has 6 aromatic rings. The highest BCUT2D eigenvalue weighted by Gasteiger charge is 2.35. The average molecular weight is 449 g/mol. The van der Waals surface area contributed by atoms with Gasteiger partial charge < -0.3 is 9.47 Å². The van der Waals surface area contributed by atoms with Crippen molar-refractivity contribution in [2.45, 2.75) is 19.3 Å². The second-order valence-corrected chi connectivity index (χ2v) is 9.74. The van der Waals surface area contributed by atoms with Gasteiger partial charge >= 0.3 is 0 Å². The molecular weight excluding hydrogens is 424 g/mol. The highest BCUT2D eigenvalue weighted by molar-refractivity contribution is 6.13. The lowest BCUT2D eigenvalue weighted by atomic mass is 9.74. The summed E-state index contributed by atoms with van der Waals surface area (Å²) in [6, 6.07) is 45.4. The van der Waals surface area contributed by atoms with E-state index >= 15 is 0 Å². The first-order chi connectivity index (χ1) is 17.1. The van der Waals surface area contributed by atoms with E-state index in [0.717, 1.165) is 17.1 Å². The van der Waals surface area contributed by atoms with Gasteiger partial charge in [0, 0.05) is 27.6 Å². The van der Waals surface area contributed by atoms with Crippen LogP contribution in [-0.4, -0.2) is 4.57 Å². The Bertz CT molecular complexity index is 1670. The van der Waals surface area contributed by atoms with Crippen LogP contribution in [-0.2, 0) is 5.41 Å². The summed E-state index contributed by atoms with van der Waals surface area (Å²) in [4.78, 5) is 2.29. The fraction of sp³-hybridized carbons (Fsp3) is 0.0909. The fourth-order valence-electron chi connectivity index (χ4n) is 5.76. The van der Waals surface area contributed by atoms with Gasteiger partial charge in [0.1, 0.15) is 0 Å². The predicted molar refractivity (Wildman–Crippen MR) is 145 cm³/mol. The summed E-state index contributed by atoms with van der Waals surface area (Å²) < 4.78 is 2.46. The van der Waals surface area contributed by atoms with Crippen molar-refractivity contribution < 1.29 is 0 Å². The van der Waals surface area contributed by atoms with Crippen LogP contribution in [0.3, 0.4) is 0 Å². The smallest absolute Gasteiger partial charge is 0.0973 e. The van der Waals surface area contributed by atoms with Crippen LogP contribution in [0.1, 0.15) is 25.0 Å². The molecule has 2 heterocycles. The van der Waals surface area contributed by atoms with Crippen LogP contribution < -0.4 is 4.90 Å². The number of hydrogen-bond acceptors (Lipinski definition) is 1. The Labute approximate surface area is 205 Å².